The van der Waals surface area contributed by atoms with E-state index in [1.807, 2.05) is 75.4 Å². The summed E-state index contributed by atoms with van der Waals surface area (Å²) in [5.74, 6) is 0.0190. The highest BCUT2D eigenvalue weighted by atomic mass is 16.1. The molecule has 0 heterocycles. The van der Waals surface area contributed by atoms with Crippen molar-refractivity contribution in [1.29, 1.82) is 0 Å². The van der Waals surface area contributed by atoms with Crippen LogP contribution in [0.2, 0.25) is 0 Å². The first kappa shape index (κ1) is 15.0. The largest absolute Gasteiger partial charge is 0.326 e. The van der Waals surface area contributed by atoms with E-state index in [9.17, 15) is 4.79 Å². The quantitative estimate of drug-likeness (QED) is 0.864. The van der Waals surface area contributed by atoms with Gasteiger partial charge in [0.1, 0.15) is 0 Å². The van der Waals surface area contributed by atoms with Crippen molar-refractivity contribution >= 4 is 11.6 Å². The van der Waals surface area contributed by atoms with E-state index < -0.39 is 0 Å². The second kappa shape index (κ2) is 8.09. The van der Waals surface area contributed by atoms with Crippen LogP contribution in [0.1, 0.15) is 26.4 Å². The van der Waals surface area contributed by atoms with E-state index in [1.165, 1.54) is 0 Å². The van der Waals surface area contributed by atoms with Crippen molar-refractivity contribution < 1.29 is 6.22 Å². The maximum atomic E-state index is 11.8. The molecule has 2 aromatic rings. The smallest absolute Gasteiger partial charge is 0.228 e. The second-order valence-corrected chi connectivity index (χ2v) is 4.02. The third-order valence-electron chi connectivity index (χ3n) is 2.67. The summed E-state index contributed by atoms with van der Waals surface area (Å²) >= 11 is 0. The summed E-state index contributed by atoms with van der Waals surface area (Å²) in [4.78, 5) is 11.8. The molecule has 102 valence electrons. The molecule has 0 radical (unpaired) electrons. The number of nitrogens with one attached hydrogen (secondary N) is 1. The van der Waals surface area contributed by atoms with Crippen LogP contribution in [-0.4, -0.2) is 5.91 Å². The summed E-state index contributed by atoms with van der Waals surface area (Å²) in [5.41, 5.74) is 3.06. The predicted octanol–water partition coefficient (Wildman–Crippen LogP) is 4.45. The zero-order chi connectivity index (χ0) is 14.1. The average Bonchev–Trinajstić information content (AvgIpc) is 2.45. The molecule has 0 spiro atoms. The van der Waals surface area contributed by atoms with Gasteiger partial charge in [-0.15, -0.1) is 0 Å². The molecular formula is C17H23NO. The van der Waals surface area contributed by atoms with Crippen molar-refractivity contribution in [3.63, 3.8) is 0 Å². The van der Waals surface area contributed by atoms with Gasteiger partial charge in [-0.3, -0.25) is 4.79 Å². The van der Waals surface area contributed by atoms with Crippen LogP contribution in [0, 0.1) is 6.92 Å². The lowest BCUT2D eigenvalue weighted by Gasteiger charge is -2.07. The van der Waals surface area contributed by atoms with Gasteiger partial charge in [0.05, 0.1) is 6.42 Å². The van der Waals surface area contributed by atoms with Gasteiger partial charge in [-0.05, 0) is 30.2 Å². The monoisotopic (exact) mass is 257 g/mol. The molecule has 2 rings (SSSR count). The Hall–Kier alpha value is -2.09. The highest BCUT2D eigenvalue weighted by Gasteiger charge is 2.05. The van der Waals surface area contributed by atoms with E-state index >= 15 is 0 Å². The topological polar surface area (TPSA) is 29.1 Å². The van der Waals surface area contributed by atoms with Gasteiger partial charge in [0.2, 0.25) is 5.91 Å². The van der Waals surface area contributed by atoms with Crippen LogP contribution in [-0.2, 0) is 11.2 Å². The zero-order valence-electron chi connectivity index (χ0n) is 11.8. The maximum Gasteiger partial charge on any atom is 0.228 e. The lowest BCUT2D eigenvalue weighted by Crippen LogP contribution is -2.14. The molecule has 0 aliphatic carbocycles. The van der Waals surface area contributed by atoms with Crippen LogP contribution in [0.15, 0.2) is 54.6 Å². The first-order chi connectivity index (χ1) is 9.25. The molecule has 19 heavy (non-hydrogen) atoms. The molecule has 0 bridgehead atoms. The summed E-state index contributed by atoms with van der Waals surface area (Å²) < 4.78 is 0. The van der Waals surface area contributed by atoms with Gasteiger partial charge in [-0.2, -0.15) is 0 Å². The number of anilines is 1. The number of para-hydroxylation sites is 1. The van der Waals surface area contributed by atoms with Crippen LogP contribution >= 0.6 is 0 Å². The average molecular weight is 257 g/mol. The van der Waals surface area contributed by atoms with Crippen molar-refractivity contribution in [2.24, 2.45) is 0 Å². The van der Waals surface area contributed by atoms with Crippen molar-refractivity contribution in [1.82, 2.24) is 0 Å². The van der Waals surface area contributed by atoms with E-state index in [0.717, 1.165) is 16.8 Å². The van der Waals surface area contributed by atoms with Crippen LogP contribution in [0.3, 0.4) is 0 Å². The van der Waals surface area contributed by atoms with E-state index in [-0.39, 0.29) is 7.33 Å². The lowest BCUT2D eigenvalue weighted by molar-refractivity contribution is -0.115. The maximum absolute atomic E-state index is 11.8. The second-order valence-electron chi connectivity index (χ2n) is 4.02. The fourth-order valence-electron chi connectivity index (χ4n) is 1.71. The summed E-state index contributed by atoms with van der Waals surface area (Å²) in [6.07, 6.45) is 0.418. The number of hydrogen-bond acceptors (Lipinski definition) is 1. The number of aryl methyl sites for hydroxylation is 1. The molecule has 0 saturated heterocycles. The Kier molecular flexibility index (Phi) is 6.37. The summed E-state index contributed by atoms with van der Waals surface area (Å²) in [6.45, 7) is 6.02. The number of amides is 1. The molecular weight excluding hydrogens is 234 g/mol. The number of rotatable bonds is 3. The molecule has 0 aromatic heterocycles. The lowest BCUT2D eigenvalue weighted by atomic mass is 10.1. The Morgan fingerprint density at radius 1 is 1.00 bits per heavy atom. The highest BCUT2D eigenvalue weighted by molar-refractivity contribution is 5.92. The Balaban J connectivity index is 0.00000115. The minimum atomic E-state index is 0. The molecule has 0 unspecified atom stereocenters. The zero-order valence-corrected chi connectivity index (χ0v) is 11.8. The third-order valence-corrected chi connectivity index (χ3v) is 2.67. The van der Waals surface area contributed by atoms with Gasteiger partial charge in [0.25, 0.3) is 0 Å². The van der Waals surface area contributed by atoms with Crippen molar-refractivity contribution in [2.75, 3.05) is 5.32 Å². The Morgan fingerprint density at radius 2 is 1.58 bits per heavy atom. The molecule has 0 fully saturated rings. The van der Waals surface area contributed by atoms with E-state index in [0.29, 0.717) is 6.42 Å². The Bertz CT molecular complexity index is 511. The SMILES string of the molecule is CC.Cc1ccccc1CC(=O)Nc1ccccc1.[HH]. The first-order valence-corrected chi connectivity index (χ1v) is 6.65. The van der Waals surface area contributed by atoms with E-state index in [1.54, 1.807) is 0 Å². The van der Waals surface area contributed by atoms with Crippen molar-refractivity contribution in [3.05, 3.63) is 65.7 Å². The predicted molar refractivity (Wildman–Crippen MR) is 83.4 cm³/mol. The standard InChI is InChI=1S/C15H15NO.C2H6.H2/c1-12-7-5-6-8-13(12)11-15(17)16-14-9-3-2-4-10-14;1-2;/h2-10H,11H2,1H3,(H,16,17);1-2H3;1H. The fraction of sp³-hybridized carbons (Fsp3) is 0.235. The molecule has 0 aliphatic rings. The van der Waals surface area contributed by atoms with Gasteiger partial charge >= 0.3 is 0 Å². The van der Waals surface area contributed by atoms with Crippen LogP contribution < -0.4 is 5.32 Å². The molecule has 1 amide bonds. The molecule has 1 N–H and O–H groups in total. The molecule has 2 nitrogen and oxygen atoms in total. The van der Waals surface area contributed by atoms with E-state index in [2.05, 4.69) is 5.32 Å². The summed E-state index contributed by atoms with van der Waals surface area (Å²) in [5, 5.41) is 2.88. The summed E-state index contributed by atoms with van der Waals surface area (Å²) in [6, 6.07) is 17.5. The van der Waals surface area contributed by atoms with Gasteiger partial charge < -0.3 is 5.32 Å². The van der Waals surface area contributed by atoms with Gasteiger partial charge in [0, 0.05) is 7.11 Å². The minimum Gasteiger partial charge on any atom is -0.326 e. The van der Waals surface area contributed by atoms with Gasteiger partial charge in [-0.1, -0.05) is 56.3 Å². The number of hydrogen-bond donors (Lipinski definition) is 1. The summed E-state index contributed by atoms with van der Waals surface area (Å²) in [7, 11) is 0. The number of carbonyl (C=O) groups is 1. The Morgan fingerprint density at radius 3 is 2.21 bits per heavy atom. The van der Waals surface area contributed by atoms with Crippen LogP contribution in [0.25, 0.3) is 0 Å². The molecule has 0 aliphatic heterocycles. The highest BCUT2D eigenvalue weighted by Crippen LogP contribution is 2.10. The molecule has 2 heteroatoms. The molecule has 2 aromatic carbocycles. The normalized spacial score (nSPS) is 9.21. The fourth-order valence-corrected chi connectivity index (χ4v) is 1.71. The number of benzene rings is 2. The first-order valence-electron chi connectivity index (χ1n) is 6.65. The number of carbonyl (C=O) groups excluding carboxylic acids is 1. The molecule has 0 atom stereocenters. The van der Waals surface area contributed by atoms with Gasteiger partial charge in [0.15, 0.2) is 0 Å². The van der Waals surface area contributed by atoms with Crippen molar-refractivity contribution in [3.8, 4) is 0 Å². The minimum absolute atomic E-state index is 0. The van der Waals surface area contributed by atoms with Crippen LogP contribution in [0.4, 0.5) is 5.69 Å². The third kappa shape index (κ3) is 4.96. The van der Waals surface area contributed by atoms with Crippen molar-refractivity contribution in [2.45, 2.75) is 27.2 Å². The molecule has 0 saturated carbocycles. The van der Waals surface area contributed by atoms with Crippen LogP contribution in [0.5, 0.6) is 0 Å². The van der Waals surface area contributed by atoms with E-state index in [4.69, 9.17) is 0 Å². The Labute approximate surface area is 117 Å². The van der Waals surface area contributed by atoms with Gasteiger partial charge in [-0.25, -0.2) is 0 Å².